The van der Waals surface area contributed by atoms with Gasteiger partial charge in [0.2, 0.25) is 17.7 Å². The Morgan fingerprint density at radius 1 is 1.15 bits per heavy atom. The summed E-state index contributed by atoms with van der Waals surface area (Å²) >= 11 is 1.39. The van der Waals surface area contributed by atoms with E-state index in [9.17, 15) is 28.7 Å². The standard InChI is InChI=1S/C24H26FN3O5S/c1-13-20(28-21(31)12-34-23(28)16-4-6-17(25)7-5-16)9-8-18(24(32)33)22(13)19(27-15(3)30)10-11-26-14(2)29/h4-9,19,23H,10-12H2,1-3H3,(H,26,29)(H,27,30)(H,32,33). The first-order chi connectivity index (χ1) is 16.1. The highest BCUT2D eigenvalue weighted by atomic mass is 32.2. The van der Waals surface area contributed by atoms with Crippen LogP contribution in [0.3, 0.4) is 0 Å². The fourth-order valence-corrected chi connectivity index (χ4v) is 5.27. The number of rotatable bonds is 8. The van der Waals surface area contributed by atoms with Gasteiger partial charge in [0, 0.05) is 26.1 Å². The van der Waals surface area contributed by atoms with Gasteiger partial charge in [0.25, 0.3) is 0 Å². The monoisotopic (exact) mass is 487 g/mol. The van der Waals surface area contributed by atoms with Gasteiger partial charge in [-0.25, -0.2) is 9.18 Å². The number of carboxylic acids is 1. The van der Waals surface area contributed by atoms with Gasteiger partial charge in [0.1, 0.15) is 11.2 Å². The topological polar surface area (TPSA) is 116 Å². The highest BCUT2D eigenvalue weighted by Gasteiger charge is 2.36. The zero-order chi connectivity index (χ0) is 25.0. The van der Waals surface area contributed by atoms with Crippen LogP contribution in [0.2, 0.25) is 0 Å². The Morgan fingerprint density at radius 3 is 2.41 bits per heavy atom. The highest BCUT2D eigenvalue weighted by molar-refractivity contribution is 8.00. The molecule has 1 heterocycles. The molecule has 0 radical (unpaired) electrons. The molecule has 0 aromatic heterocycles. The quantitative estimate of drug-likeness (QED) is 0.526. The molecule has 1 saturated heterocycles. The first kappa shape index (κ1) is 25.2. The second-order valence-corrected chi connectivity index (χ2v) is 9.05. The van der Waals surface area contributed by atoms with E-state index in [2.05, 4.69) is 10.6 Å². The zero-order valence-electron chi connectivity index (χ0n) is 19.1. The number of aromatic carboxylic acids is 1. The predicted octanol–water partition coefficient (Wildman–Crippen LogP) is 3.31. The summed E-state index contributed by atoms with van der Waals surface area (Å²) in [6.07, 6.45) is 0.258. The Balaban J connectivity index is 2.09. The number of hydrogen-bond acceptors (Lipinski definition) is 5. The SMILES string of the molecule is CC(=O)NCCC(NC(C)=O)c1c(C(=O)O)ccc(N2C(=O)CSC2c2ccc(F)cc2)c1C. The van der Waals surface area contributed by atoms with Crippen molar-refractivity contribution in [2.75, 3.05) is 17.2 Å². The molecule has 10 heteroatoms. The molecule has 34 heavy (non-hydrogen) atoms. The van der Waals surface area contributed by atoms with Gasteiger partial charge in [0.05, 0.1) is 17.4 Å². The molecule has 3 rings (SSSR count). The lowest BCUT2D eigenvalue weighted by Crippen LogP contribution is -2.33. The Bertz CT molecular complexity index is 1120. The number of nitrogens with zero attached hydrogens (tertiary/aromatic N) is 1. The van der Waals surface area contributed by atoms with Crippen molar-refractivity contribution in [1.82, 2.24) is 10.6 Å². The van der Waals surface area contributed by atoms with Crippen LogP contribution >= 0.6 is 11.8 Å². The number of carboxylic acid groups (broad SMARTS) is 1. The second kappa shape index (κ2) is 10.7. The number of carbonyl (C=O) groups excluding carboxylic acids is 3. The fraction of sp³-hybridized carbons (Fsp3) is 0.333. The summed E-state index contributed by atoms with van der Waals surface area (Å²) in [7, 11) is 0. The van der Waals surface area contributed by atoms with Gasteiger partial charge >= 0.3 is 5.97 Å². The van der Waals surface area contributed by atoms with Crippen LogP contribution in [0.4, 0.5) is 10.1 Å². The van der Waals surface area contributed by atoms with E-state index < -0.39 is 17.4 Å². The maximum Gasteiger partial charge on any atom is 0.336 e. The Morgan fingerprint density at radius 2 is 1.82 bits per heavy atom. The minimum Gasteiger partial charge on any atom is -0.478 e. The van der Waals surface area contributed by atoms with E-state index in [0.717, 1.165) is 5.56 Å². The van der Waals surface area contributed by atoms with Crippen molar-refractivity contribution < 1.29 is 28.7 Å². The number of halogens is 1. The van der Waals surface area contributed by atoms with Gasteiger partial charge in [-0.1, -0.05) is 12.1 Å². The van der Waals surface area contributed by atoms with Crippen LogP contribution in [-0.2, 0) is 14.4 Å². The molecule has 0 saturated carbocycles. The van der Waals surface area contributed by atoms with Crippen molar-refractivity contribution in [3.8, 4) is 0 Å². The molecular formula is C24H26FN3O5S. The normalized spacial score (nSPS) is 16.3. The van der Waals surface area contributed by atoms with Gasteiger partial charge in [0.15, 0.2) is 0 Å². The van der Waals surface area contributed by atoms with E-state index in [4.69, 9.17) is 0 Å². The first-order valence-corrected chi connectivity index (χ1v) is 11.7. The summed E-state index contributed by atoms with van der Waals surface area (Å²) in [6.45, 7) is 4.63. The van der Waals surface area contributed by atoms with Crippen molar-refractivity contribution in [2.24, 2.45) is 0 Å². The van der Waals surface area contributed by atoms with Crippen molar-refractivity contribution in [2.45, 2.75) is 38.6 Å². The Labute approximate surface area is 200 Å². The smallest absolute Gasteiger partial charge is 0.336 e. The molecule has 0 bridgehead atoms. The molecule has 0 spiro atoms. The lowest BCUT2D eigenvalue weighted by Gasteiger charge is -2.29. The van der Waals surface area contributed by atoms with Crippen LogP contribution in [0, 0.1) is 12.7 Å². The number of anilines is 1. The lowest BCUT2D eigenvalue weighted by molar-refractivity contribution is -0.119. The Kier molecular flexibility index (Phi) is 7.93. The highest BCUT2D eigenvalue weighted by Crippen LogP contribution is 2.44. The van der Waals surface area contributed by atoms with E-state index in [-0.39, 0.29) is 47.8 Å². The van der Waals surface area contributed by atoms with Crippen LogP contribution < -0.4 is 15.5 Å². The summed E-state index contributed by atoms with van der Waals surface area (Å²) in [6, 6.07) is 8.20. The average molecular weight is 488 g/mol. The zero-order valence-corrected chi connectivity index (χ0v) is 19.9. The summed E-state index contributed by atoms with van der Waals surface area (Å²) in [5.41, 5.74) is 2.15. The molecule has 1 aliphatic rings. The number of carbonyl (C=O) groups is 4. The molecule has 2 aromatic carbocycles. The lowest BCUT2D eigenvalue weighted by atomic mass is 9.91. The molecule has 2 unspecified atom stereocenters. The van der Waals surface area contributed by atoms with Crippen molar-refractivity contribution in [3.05, 3.63) is 64.5 Å². The van der Waals surface area contributed by atoms with E-state index in [0.29, 0.717) is 16.8 Å². The van der Waals surface area contributed by atoms with Crippen LogP contribution in [0.5, 0.6) is 0 Å². The van der Waals surface area contributed by atoms with Crippen molar-refractivity contribution in [3.63, 3.8) is 0 Å². The Hall–Kier alpha value is -3.40. The van der Waals surface area contributed by atoms with Crippen molar-refractivity contribution >= 4 is 41.1 Å². The number of nitrogens with one attached hydrogen (secondary N) is 2. The molecule has 1 fully saturated rings. The number of benzene rings is 2. The molecule has 3 N–H and O–H groups in total. The third kappa shape index (κ3) is 5.56. The number of amides is 3. The maximum atomic E-state index is 13.4. The van der Waals surface area contributed by atoms with Crippen molar-refractivity contribution in [1.29, 1.82) is 0 Å². The van der Waals surface area contributed by atoms with Gasteiger partial charge in [-0.3, -0.25) is 19.3 Å². The molecule has 0 aliphatic carbocycles. The molecule has 180 valence electrons. The summed E-state index contributed by atoms with van der Waals surface area (Å²) in [5.74, 6) is -2.10. The minimum absolute atomic E-state index is 0.000422. The first-order valence-electron chi connectivity index (χ1n) is 10.7. The van der Waals surface area contributed by atoms with Crippen LogP contribution in [0.25, 0.3) is 0 Å². The van der Waals surface area contributed by atoms with E-state index in [1.165, 1.54) is 43.8 Å². The average Bonchev–Trinajstić information content (AvgIpc) is 3.14. The predicted molar refractivity (Wildman–Crippen MR) is 127 cm³/mol. The van der Waals surface area contributed by atoms with Gasteiger partial charge < -0.3 is 15.7 Å². The van der Waals surface area contributed by atoms with Gasteiger partial charge in [-0.15, -0.1) is 11.8 Å². The largest absolute Gasteiger partial charge is 0.478 e. The molecule has 2 aromatic rings. The van der Waals surface area contributed by atoms with Gasteiger partial charge in [-0.05, 0) is 54.3 Å². The van der Waals surface area contributed by atoms with E-state index >= 15 is 0 Å². The molecular weight excluding hydrogens is 461 g/mol. The minimum atomic E-state index is -1.17. The third-order valence-corrected chi connectivity index (χ3v) is 6.74. The summed E-state index contributed by atoms with van der Waals surface area (Å²) in [5, 5.41) is 14.9. The number of thioether (sulfide) groups is 1. The van der Waals surface area contributed by atoms with Crippen LogP contribution in [0.15, 0.2) is 36.4 Å². The molecule has 3 amide bonds. The summed E-state index contributed by atoms with van der Waals surface area (Å²) in [4.78, 5) is 49.8. The third-order valence-electron chi connectivity index (χ3n) is 5.53. The van der Waals surface area contributed by atoms with Crippen LogP contribution in [-0.4, -0.2) is 41.1 Å². The van der Waals surface area contributed by atoms with Gasteiger partial charge in [-0.2, -0.15) is 0 Å². The molecule has 1 aliphatic heterocycles. The van der Waals surface area contributed by atoms with Crippen LogP contribution in [0.1, 0.15) is 58.7 Å². The molecule has 8 nitrogen and oxygen atoms in total. The van der Waals surface area contributed by atoms with E-state index in [1.807, 2.05) is 0 Å². The number of hydrogen-bond donors (Lipinski definition) is 3. The summed E-state index contributed by atoms with van der Waals surface area (Å²) < 4.78 is 13.4. The fourth-order valence-electron chi connectivity index (χ4n) is 4.10. The van der Waals surface area contributed by atoms with E-state index in [1.54, 1.807) is 30.0 Å². The maximum absolute atomic E-state index is 13.4. The second-order valence-electron chi connectivity index (χ2n) is 7.98. The molecule has 2 atom stereocenters.